The predicted octanol–water partition coefficient (Wildman–Crippen LogP) is 1.92. The molecule has 0 unspecified atom stereocenters. The number of hydrogen-bond donors (Lipinski definition) is 2. The average molecular weight is 308 g/mol. The highest BCUT2D eigenvalue weighted by Crippen LogP contribution is 2.48. The minimum Gasteiger partial charge on any atom is -0.396 e. The van der Waals surface area contributed by atoms with Crippen molar-refractivity contribution in [2.24, 2.45) is 5.41 Å². The van der Waals surface area contributed by atoms with Crippen LogP contribution in [0.5, 0.6) is 0 Å². The maximum atomic E-state index is 13.6. The number of rotatable bonds is 6. The third-order valence-corrected chi connectivity index (χ3v) is 5.09. The van der Waals surface area contributed by atoms with Crippen LogP contribution in [0.4, 0.5) is 4.39 Å². The van der Waals surface area contributed by atoms with E-state index in [-0.39, 0.29) is 23.6 Å². The van der Waals surface area contributed by atoms with Crippen molar-refractivity contribution in [2.45, 2.75) is 24.2 Å². The zero-order chi connectivity index (χ0) is 14.1. The lowest BCUT2D eigenvalue weighted by Gasteiger charge is -2.15. The molecule has 1 fully saturated rings. The predicted molar refractivity (Wildman–Crippen MR) is 70.0 cm³/mol. The Bertz CT molecular complexity index is 572. The van der Waals surface area contributed by atoms with Gasteiger partial charge in [-0.05, 0) is 42.9 Å². The number of aliphatic hydroxyl groups excluding tert-OH is 1. The maximum Gasteiger partial charge on any atom is 0.243 e. The Kier molecular flexibility index (Phi) is 4.15. The summed E-state index contributed by atoms with van der Waals surface area (Å²) in [6.45, 7) is 0.245. The fourth-order valence-corrected chi connectivity index (χ4v) is 3.32. The molecule has 0 aliphatic heterocycles. The molecule has 1 aliphatic rings. The van der Waals surface area contributed by atoms with Crippen LogP contribution in [-0.4, -0.2) is 26.7 Å². The Morgan fingerprint density at radius 1 is 1.42 bits per heavy atom. The van der Waals surface area contributed by atoms with E-state index in [0.717, 1.165) is 25.0 Å². The summed E-state index contributed by atoms with van der Waals surface area (Å²) in [4.78, 5) is -0.406. The molecule has 0 radical (unpaired) electrons. The molecule has 0 bridgehead atoms. The number of aliphatic hydroxyl groups is 1. The molecule has 1 saturated carbocycles. The molecule has 1 aromatic carbocycles. The highest BCUT2D eigenvalue weighted by atomic mass is 35.5. The Balaban J connectivity index is 2.10. The van der Waals surface area contributed by atoms with Gasteiger partial charge in [-0.1, -0.05) is 11.6 Å². The second-order valence-electron chi connectivity index (χ2n) is 4.87. The number of hydrogen-bond acceptors (Lipinski definition) is 3. The van der Waals surface area contributed by atoms with Crippen LogP contribution in [0.25, 0.3) is 0 Å². The minimum absolute atomic E-state index is 0.0248. The fourth-order valence-electron chi connectivity index (χ4n) is 1.95. The third-order valence-electron chi connectivity index (χ3n) is 3.42. The van der Waals surface area contributed by atoms with Crippen LogP contribution in [0.3, 0.4) is 0 Å². The average Bonchev–Trinajstić information content (AvgIpc) is 3.07. The lowest BCUT2D eigenvalue weighted by molar-refractivity contribution is 0.249. The van der Waals surface area contributed by atoms with Crippen LogP contribution in [0, 0.1) is 11.2 Å². The molecule has 1 aliphatic carbocycles. The van der Waals surface area contributed by atoms with Gasteiger partial charge in [0.2, 0.25) is 10.0 Å². The van der Waals surface area contributed by atoms with Gasteiger partial charge in [0.15, 0.2) is 0 Å². The summed E-state index contributed by atoms with van der Waals surface area (Å²) in [5, 5.41) is 9.06. The molecule has 4 nitrogen and oxygen atoms in total. The maximum absolute atomic E-state index is 13.6. The second kappa shape index (κ2) is 5.36. The third kappa shape index (κ3) is 3.45. The highest BCUT2D eigenvalue weighted by Gasteiger charge is 2.42. The lowest BCUT2D eigenvalue weighted by atomic mass is 10.0. The summed E-state index contributed by atoms with van der Waals surface area (Å²) < 4.78 is 40.0. The van der Waals surface area contributed by atoms with Crippen molar-refractivity contribution in [3.05, 3.63) is 29.0 Å². The van der Waals surface area contributed by atoms with E-state index >= 15 is 0 Å². The number of sulfonamides is 1. The summed E-state index contributed by atoms with van der Waals surface area (Å²) >= 11 is 5.58. The number of nitrogens with one attached hydrogen (secondary N) is 1. The van der Waals surface area contributed by atoms with Crippen molar-refractivity contribution in [3.8, 4) is 0 Å². The first kappa shape index (κ1) is 14.7. The lowest BCUT2D eigenvalue weighted by Crippen LogP contribution is -2.31. The summed E-state index contributed by atoms with van der Waals surface area (Å²) in [6.07, 6.45) is 2.30. The molecule has 0 heterocycles. The van der Waals surface area contributed by atoms with Crippen molar-refractivity contribution in [2.75, 3.05) is 13.2 Å². The zero-order valence-electron chi connectivity index (χ0n) is 10.2. The van der Waals surface area contributed by atoms with Crippen molar-refractivity contribution in [1.29, 1.82) is 0 Å². The molecule has 2 N–H and O–H groups in total. The minimum atomic E-state index is -3.88. The van der Waals surface area contributed by atoms with Crippen molar-refractivity contribution >= 4 is 21.6 Å². The van der Waals surface area contributed by atoms with Gasteiger partial charge in [0, 0.05) is 18.2 Å². The SMILES string of the molecule is O=S(=O)(NCC1(CCO)CC1)c1ccc(Cl)cc1F. The smallest absolute Gasteiger partial charge is 0.243 e. The standard InChI is InChI=1S/C12H15ClFNO3S/c13-9-1-2-11(10(14)7-9)19(17,18)15-8-12(3-4-12)5-6-16/h1-2,7,15-16H,3-6,8H2. The molecule has 0 amide bonds. The second-order valence-corrected chi connectivity index (χ2v) is 7.04. The molecule has 1 aromatic rings. The van der Waals surface area contributed by atoms with Gasteiger partial charge in [0.25, 0.3) is 0 Å². The Morgan fingerprint density at radius 3 is 2.63 bits per heavy atom. The van der Waals surface area contributed by atoms with Crippen molar-refractivity contribution in [1.82, 2.24) is 4.72 Å². The summed E-state index contributed by atoms with van der Waals surface area (Å²) in [6, 6.07) is 3.45. The molecule has 7 heteroatoms. The van der Waals surface area contributed by atoms with Gasteiger partial charge >= 0.3 is 0 Å². The molecule has 0 atom stereocenters. The van der Waals surface area contributed by atoms with Gasteiger partial charge < -0.3 is 5.11 Å². The van der Waals surface area contributed by atoms with E-state index in [9.17, 15) is 12.8 Å². The van der Waals surface area contributed by atoms with E-state index in [0.29, 0.717) is 6.42 Å². The van der Waals surface area contributed by atoms with Gasteiger partial charge in [-0.25, -0.2) is 17.5 Å². The number of benzene rings is 1. The molecule has 19 heavy (non-hydrogen) atoms. The molecule has 2 rings (SSSR count). The van der Waals surface area contributed by atoms with Gasteiger partial charge in [-0.3, -0.25) is 0 Å². The summed E-state index contributed by atoms with van der Waals surface area (Å²) in [5.41, 5.74) is -0.162. The van der Waals surface area contributed by atoms with Crippen LogP contribution in [0.1, 0.15) is 19.3 Å². The largest absolute Gasteiger partial charge is 0.396 e. The molecular formula is C12H15ClFNO3S. The van der Waals surface area contributed by atoms with Crippen LogP contribution < -0.4 is 4.72 Å². The first-order chi connectivity index (χ1) is 8.88. The van der Waals surface area contributed by atoms with Crippen LogP contribution in [-0.2, 0) is 10.0 Å². The highest BCUT2D eigenvalue weighted by molar-refractivity contribution is 7.89. The topological polar surface area (TPSA) is 66.4 Å². The summed E-state index contributed by atoms with van der Waals surface area (Å²) in [5.74, 6) is -0.869. The quantitative estimate of drug-likeness (QED) is 0.844. The van der Waals surface area contributed by atoms with Crippen LogP contribution in [0.2, 0.25) is 5.02 Å². The van der Waals surface area contributed by atoms with E-state index in [1.807, 2.05) is 0 Å². The normalized spacial score (nSPS) is 17.4. The zero-order valence-corrected chi connectivity index (χ0v) is 11.8. The van der Waals surface area contributed by atoms with E-state index in [1.54, 1.807) is 0 Å². The molecule has 0 aromatic heterocycles. The van der Waals surface area contributed by atoms with Gasteiger partial charge in [-0.15, -0.1) is 0 Å². The van der Waals surface area contributed by atoms with E-state index < -0.39 is 20.7 Å². The van der Waals surface area contributed by atoms with E-state index in [2.05, 4.69) is 4.72 Å². The van der Waals surface area contributed by atoms with Crippen molar-refractivity contribution in [3.63, 3.8) is 0 Å². The van der Waals surface area contributed by atoms with Crippen LogP contribution in [0.15, 0.2) is 23.1 Å². The van der Waals surface area contributed by atoms with Gasteiger partial charge in [-0.2, -0.15) is 0 Å². The molecule has 0 spiro atoms. The monoisotopic (exact) mass is 307 g/mol. The van der Waals surface area contributed by atoms with E-state index in [1.165, 1.54) is 6.07 Å². The van der Waals surface area contributed by atoms with Crippen LogP contribution >= 0.6 is 11.6 Å². The fraction of sp³-hybridized carbons (Fsp3) is 0.500. The number of halogens is 2. The van der Waals surface area contributed by atoms with Gasteiger partial charge in [0.05, 0.1) is 0 Å². The molecular weight excluding hydrogens is 293 g/mol. The van der Waals surface area contributed by atoms with E-state index in [4.69, 9.17) is 16.7 Å². The Labute approximate surface area is 116 Å². The summed E-state index contributed by atoms with van der Waals surface area (Å²) in [7, 11) is -3.88. The Morgan fingerprint density at radius 2 is 2.11 bits per heavy atom. The van der Waals surface area contributed by atoms with Gasteiger partial charge in [0.1, 0.15) is 10.7 Å². The first-order valence-electron chi connectivity index (χ1n) is 5.94. The Hall–Kier alpha value is -0.690. The van der Waals surface area contributed by atoms with Crippen molar-refractivity contribution < 1.29 is 17.9 Å². The molecule has 106 valence electrons. The first-order valence-corrected chi connectivity index (χ1v) is 7.80. The molecule has 0 saturated heterocycles.